The fraction of sp³-hybridized carbons (Fsp3) is 0.200. The van der Waals surface area contributed by atoms with Gasteiger partial charge in [0.15, 0.2) is 0 Å². The number of fused-ring (bicyclic) bond motifs is 1. The molecule has 2 heterocycles. The summed E-state index contributed by atoms with van der Waals surface area (Å²) in [6.45, 7) is 2.30. The van der Waals surface area contributed by atoms with Crippen LogP contribution in [-0.4, -0.2) is 21.5 Å². The van der Waals surface area contributed by atoms with E-state index in [2.05, 4.69) is 26.8 Å². The van der Waals surface area contributed by atoms with E-state index in [-0.39, 0.29) is 0 Å². The van der Waals surface area contributed by atoms with Crippen LogP contribution in [0.5, 0.6) is 0 Å². The van der Waals surface area contributed by atoms with Gasteiger partial charge >= 0.3 is 0 Å². The maximum Gasteiger partial charge on any atom is 0.142 e. The summed E-state index contributed by atoms with van der Waals surface area (Å²) in [5.74, 6) is 5.79. The van der Waals surface area contributed by atoms with Gasteiger partial charge in [0.25, 0.3) is 0 Å². The molecule has 0 saturated heterocycles. The molecular weight excluding hydrogens is 176 g/mol. The quantitative estimate of drug-likeness (QED) is 0.591. The van der Waals surface area contributed by atoms with Gasteiger partial charge in [-0.2, -0.15) is 0 Å². The first-order valence-electron chi connectivity index (χ1n) is 4.30. The molecule has 0 aromatic carbocycles. The molecule has 0 fully saturated rings. The molecule has 4 nitrogen and oxygen atoms in total. The minimum absolute atomic E-state index is 0.361. The van der Waals surface area contributed by atoms with Crippen molar-refractivity contribution in [3.63, 3.8) is 0 Å². The predicted molar refractivity (Wildman–Crippen MR) is 54.6 cm³/mol. The third kappa shape index (κ3) is 1.34. The number of hydrogen-bond donors (Lipinski definition) is 2. The summed E-state index contributed by atoms with van der Waals surface area (Å²) in [6, 6.07) is 0. The van der Waals surface area contributed by atoms with Crippen molar-refractivity contribution in [3.8, 4) is 11.8 Å². The molecule has 0 atom stereocenters. The topological polar surface area (TPSA) is 67.6 Å². The Balaban J connectivity index is 2.67. The van der Waals surface area contributed by atoms with Gasteiger partial charge in [-0.25, -0.2) is 9.97 Å². The first-order chi connectivity index (χ1) is 6.83. The molecule has 0 saturated carbocycles. The molecule has 0 aliphatic carbocycles. The summed E-state index contributed by atoms with van der Waals surface area (Å²) >= 11 is 0. The number of hydrogen-bond acceptors (Lipinski definition) is 3. The monoisotopic (exact) mass is 186 g/mol. The van der Waals surface area contributed by atoms with Gasteiger partial charge in [0.2, 0.25) is 0 Å². The lowest BCUT2D eigenvalue weighted by atomic mass is 10.2. The third-order valence-electron chi connectivity index (χ3n) is 1.98. The molecule has 70 valence electrons. The summed E-state index contributed by atoms with van der Waals surface area (Å²) < 4.78 is 0. The Morgan fingerprint density at radius 3 is 3.14 bits per heavy atom. The summed E-state index contributed by atoms with van der Waals surface area (Å²) in [4.78, 5) is 11.3. The molecule has 14 heavy (non-hydrogen) atoms. The van der Waals surface area contributed by atoms with Crippen LogP contribution in [0.25, 0.3) is 11.0 Å². The van der Waals surface area contributed by atoms with Gasteiger partial charge in [0.1, 0.15) is 12.0 Å². The Hall–Kier alpha value is -1.86. The van der Waals surface area contributed by atoms with Gasteiger partial charge < -0.3 is 10.7 Å². The SMILES string of the molecule is Cc1ncnc2[nH]cc(C#CCN)c12. The van der Waals surface area contributed by atoms with E-state index in [0.717, 1.165) is 22.3 Å². The lowest BCUT2D eigenvalue weighted by Gasteiger charge is -1.93. The standard InChI is InChI=1S/C10H10N4/c1-7-9-8(3-2-4-11)5-12-10(9)14-6-13-7/h5-6H,4,11H2,1H3,(H,12,13,14). The molecule has 3 N–H and O–H groups in total. The van der Waals surface area contributed by atoms with Crippen LogP contribution in [0.3, 0.4) is 0 Å². The molecule has 0 spiro atoms. The van der Waals surface area contributed by atoms with Gasteiger partial charge in [-0.05, 0) is 6.92 Å². The van der Waals surface area contributed by atoms with Crippen LogP contribution >= 0.6 is 0 Å². The van der Waals surface area contributed by atoms with Crippen LogP contribution in [0.1, 0.15) is 11.3 Å². The summed E-state index contributed by atoms with van der Waals surface area (Å²) in [7, 11) is 0. The van der Waals surface area contributed by atoms with E-state index in [1.807, 2.05) is 13.1 Å². The number of nitrogens with one attached hydrogen (secondary N) is 1. The number of aromatic amines is 1. The highest BCUT2D eigenvalue weighted by Gasteiger charge is 2.05. The van der Waals surface area contributed by atoms with E-state index >= 15 is 0 Å². The van der Waals surface area contributed by atoms with Crippen molar-refractivity contribution < 1.29 is 0 Å². The summed E-state index contributed by atoms with van der Waals surface area (Å²) in [5, 5.41) is 0.980. The Labute approximate surface area is 81.6 Å². The minimum atomic E-state index is 0.361. The second-order valence-electron chi connectivity index (χ2n) is 2.89. The van der Waals surface area contributed by atoms with E-state index in [0.29, 0.717) is 6.54 Å². The van der Waals surface area contributed by atoms with Crippen molar-refractivity contribution in [1.82, 2.24) is 15.0 Å². The number of aryl methyl sites for hydroxylation is 1. The lowest BCUT2D eigenvalue weighted by Crippen LogP contribution is -1.93. The minimum Gasteiger partial charge on any atom is -0.345 e. The lowest BCUT2D eigenvalue weighted by molar-refractivity contribution is 1.14. The Kier molecular flexibility index (Phi) is 2.17. The predicted octanol–water partition coefficient (Wildman–Crippen LogP) is 0.577. The molecule has 0 bridgehead atoms. The zero-order valence-electron chi connectivity index (χ0n) is 7.83. The van der Waals surface area contributed by atoms with Crippen molar-refractivity contribution in [3.05, 3.63) is 23.8 Å². The Morgan fingerprint density at radius 1 is 1.50 bits per heavy atom. The van der Waals surface area contributed by atoms with Crippen molar-refractivity contribution in [2.45, 2.75) is 6.92 Å². The van der Waals surface area contributed by atoms with Crippen LogP contribution in [0.2, 0.25) is 0 Å². The van der Waals surface area contributed by atoms with Crippen molar-refractivity contribution >= 4 is 11.0 Å². The Morgan fingerprint density at radius 2 is 2.36 bits per heavy atom. The number of aromatic nitrogens is 3. The van der Waals surface area contributed by atoms with Crippen molar-refractivity contribution in [2.75, 3.05) is 6.54 Å². The van der Waals surface area contributed by atoms with Gasteiger partial charge in [-0.1, -0.05) is 11.8 Å². The van der Waals surface area contributed by atoms with Crippen molar-refractivity contribution in [2.24, 2.45) is 5.73 Å². The molecule has 0 aliphatic rings. The fourth-order valence-corrected chi connectivity index (χ4v) is 1.36. The molecule has 0 aliphatic heterocycles. The zero-order valence-corrected chi connectivity index (χ0v) is 7.83. The molecular formula is C10H10N4. The highest BCUT2D eigenvalue weighted by atomic mass is 14.9. The maximum absolute atomic E-state index is 5.31. The number of H-pyrrole nitrogens is 1. The van der Waals surface area contributed by atoms with Crippen molar-refractivity contribution in [1.29, 1.82) is 0 Å². The van der Waals surface area contributed by atoms with Crippen LogP contribution < -0.4 is 5.73 Å². The van der Waals surface area contributed by atoms with Crippen LogP contribution in [0, 0.1) is 18.8 Å². The molecule has 4 heteroatoms. The molecule has 0 radical (unpaired) electrons. The van der Waals surface area contributed by atoms with Gasteiger partial charge in [0, 0.05) is 6.20 Å². The molecule has 2 aromatic heterocycles. The second kappa shape index (κ2) is 3.48. The molecule has 2 rings (SSSR count). The summed E-state index contributed by atoms with van der Waals surface area (Å²) in [5.41, 5.74) is 7.96. The normalized spacial score (nSPS) is 9.86. The number of rotatable bonds is 0. The molecule has 0 amide bonds. The average molecular weight is 186 g/mol. The van der Waals surface area contributed by atoms with Gasteiger partial charge in [-0.3, -0.25) is 0 Å². The largest absolute Gasteiger partial charge is 0.345 e. The van der Waals surface area contributed by atoms with Crippen LogP contribution in [0.15, 0.2) is 12.5 Å². The summed E-state index contributed by atoms with van der Waals surface area (Å²) in [6.07, 6.45) is 3.36. The van der Waals surface area contributed by atoms with E-state index in [1.54, 1.807) is 0 Å². The first-order valence-corrected chi connectivity index (χ1v) is 4.30. The second-order valence-corrected chi connectivity index (χ2v) is 2.89. The van der Waals surface area contributed by atoms with Gasteiger partial charge in [-0.15, -0.1) is 0 Å². The zero-order chi connectivity index (χ0) is 9.97. The first kappa shape index (κ1) is 8.73. The molecule has 2 aromatic rings. The molecule has 0 unspecified atom stereocenters. The third-order valence-corrected chi connectivity index (χ3v) is 1.98. The van der Waals surface area contributed by atoms with E-state index in [1.165, 1.54) is 6.33 Å². The van der Waals surface area contributed by atoms with Crippen LogP contribution in [-0.2, 0) is 0 Å². The van der Waals surface area contributed by atoms with Gasteiger partial charge in [0.05, 0.1) is 23.2 Å². The number of nitrogens with zero attached hydrogens (tertiary/aromatic N) is 2. The smallest absolute Gasteiger partial charge is 0.142 e. The van der Waals surface area contributed by atoms with E-state index in [4.69, 9.17) is 5.73 Å². The maximum atomic E-state index is 5.31. The highest BCUT2D eigenvalue weighted by molar-refractivity contribution is 5.84. The highest BCUT2D eigenvalue weighted by Crippen LogP contribution is 2.17. The average Bonchev–Trinajstić information content (AvgIpc) is 2.59. The fourth-order valence-electron chi connectivity index (χ4n) is 1.36. The Bertz CT molecular complexity index is 516. The van der Waals surface area contributed by atoms with E-state index < -0.39 is 0 Å². The number of nitrogens with two attached hydrogens (primary N) is 1. The van der Waals surface area contributed by atoms with E-state index in [9.17, 15) is 0 Å². The van der Waals surface area contributed by atoms with Crippen LogP contribution in [0.4, 0.5) is 0 Å².